The molecular formula is C13H16ClN5O2. The maximum absolute atomic E-state index is 11.0. The van der Waals surface area contributed by atoms with Crippen molar-refractivity contribution in [3.05, 3.63) is 29.7 Å². The molecule has 0 aliphatic heterocycles. The van der Waals surface area contributed by atoms with Crippen molar-refractivity contribution in [2.24, 2.45) is 11.5 Å². The molecule has 0 radical (unpaired) electrons. The second kappa shape index (κ2) is 5.79. The van der Waals surface area contributed by atoms with Crippen LogP contribution >= 0.6 is 12.4 Å². The van der Waals surface area contributed by atoms with E-state index in [-0.39, 0.29) is 12.4 Å². The van der Waals surface area contributed by atoms with Crippen LogP contribution in [0.3, 0.4) is 0 Å². The third kappa shape index (κ3) is 2.88. The van der Waals surface area contributed by atoms with E-state index in [9.17, 15) is 4.79 Å². The number of hydrogen-bond donors (Lipinski definition) is 2. The molecule has 1 saturated carbocycles. The Morgan fingerprint density at radius 3 is 2.57 bits per heavy atom. The average Bonchev–Trinajstić information content (AvgIpc) is 3.08. The third-order valence-corrected chi connectivity index (χ3v) is 3.63. The number of carbonyl (C=O) groups is 1. The minimum atomic E-state index is -0.526. The quantitative estimate of drug-likeness (QED) is 0.883. The minimum Gasteiger partial charge on any atom is -0.366 e. The van der Waals surface area contributed by atoms with Crippen LogP contribution in [-0.2, 0) is 5.54 Å². The SMILES string of the molecule is Cl.NC(=O)c1ccc(-c2nc(C3(N)CCCC3)no2)nc1. The Balaban J connectivity index is 0.00000161. The molecule has 21 heavy (non-hydrogen) atoms. The van der Waals surface area contributed by atoms with Gasteiger partial charge in [0.15, 0.2) is 5.82 Å². The molecule has 1 fully saturated rings. The number of nitrogens with zero attached hydrogens (tertiary/aromatic N) is 3. The third-order valence-electron chi connectivity index (χ3n) is 3.63. The molecule has 3 rings (SSSR count). The van der Waals surface area contributed by atoms with E-state index >= 15 is 0 Å². The van der Waals surface area contributed by atoms with Gasteiger partial charge in [0.2, 0.25) is 5.91 Å². The van der Waals surface area contributed by atoms with Crippen LogP contribution in [0.5, 0.6) is 0 Å². The summed E-state index contributed by atoms with van der Waals surface area (Å²) in [4.78, 5) is 19.4. The summed E-state index contributed by atoms with van der Waals surface area (Å²) in [5, 5.41) is 3.96. The van der Waals surface area contributed by atoms with Gasteiger partial charge in [-0.3, -0.25) is 9.78 Å². The average molecular weight is 310 g/mol. The van der Waals surface area contributed by atoms with Crippen molar-refractivity contribution >= 4 is 18.3 Å². The fourth-order valence-electron chi connectivity index (χ4n) is 2.43. The van der Waals surface area contributed by atoms with Crippen molar-refractivity contribution in [3.63, 3.8) is 0 Å². The number of aromatic nitrogens is 3. The van der Waals surface area contributed by atoms with Gasteiger partial charge in [-0.15, -0.1) is 12.4 Å². The second-order valence-corrected chi connectivity index (χ2v) is 5.08. The van der Waals surface area contributed by atoms with Gasteiger partial charge < -0.3 is 16.0 Å². The Morgan fingerprint density at radius 1 is 1.29 bits per heavy atom. The maximum atomic E-state index is 11.0. The molecule has 4 N–H and O–H groups in total. The van der Waals surface area contributed by atoms with Crippen LogP contribution in [0.2, 0.25) is 0 Å². The summed E-state index contributed by atoms with van der Waals surface area (Å²) in [7, 11) is 0. The fraction of sp³-hybridized carbons (Fsp3) is 0.385. The normalized spacial score (nSPS) is 16.4. The van der Waals surface area contributed by atoms with E-state index in [4.69, 9.17) is 16.0 Å². The van der Waals surface area contributed by atoms with Gasteiger partial charge in [0.1, 0.15) is 5.69 Å². The Hall–Kier alpha value is -1.99. The van der Waals surface area contributed by atoms with Gasteiger partial charge in [-0.2, -0.15) is 4.98 Å². The Morgan fingerprint density at radius 2 is 2.00 bits per heavy atom. The van der Waals surface area contributed by atoms with E-state index in [1.807, 2.05) is 0 Å². The monoisotopic (exact) mass is 309 g/mol. The molecule has 0 bridgehead atoms. The zero-order valence-electron chi connectivity index (χ0n) is 11.3. The molecule has 0 spiro atoms. The highest BCUT2D eigenvalue weighted by molar-refractivity contribution is 5.92. The molecule has 1 aliphatic carbocycles. The summed E-state index contributed by atoms with van der Waals surface area (Å²) in [6.07, 6.45) is 5.26. The van der Waals surface area contributed by atoms with Crippen LogP contribution in [-0.4, -0.2) is 21.0 Å². The number of halogens is 1. The highest BCUT2D eigenvalue weighted by Crippen LogP contribution is 2.35. The van der Waals surface area contributed by atoms with E-state index in [0.717, 1.165) is 25.7 Å². The lowest BCUT2D eigenvalue weighted by atomic mass is 9.99. The topological polar surface area (TPSA) is 121 Å². The van der Waals surface area contributed by atoms with Gasteiger partial charge in [0.05, 0.1) is 11.1 Å². The van der Waals surface area contributed by atoms with Crippen LogP contribution in [0.1, 0.15) is 41.9 Å². The van der Waals surface area contributed by atoms with Crippen molar-refractivity contribution in [1.82, 2.24) is 15.1 Å². The highest BCUT2D eigenvalue weighted by atomic mass is 35.5. The number of primary amides is 1. The first-order valence-corrected chi connectivity index (χ1v) is 6.48. The predicted octanol–water partition coefficient (Wildman–Crippen LogP) is 1.38. The van der Waals surface area contributed by atoms with Crippen molar-refractivity contribution in [2.75, 3.05) is 0 Å². The number of rotatable bonds is 3. The van der Waals surface area contributed by atoms with Gasteiger partial charge >= 0.3 is 0 Å². The van der Waals surface area contributed by atoms with Gasteiger partial charge in [-0.05, 0) is 25.0 Å². The van der Waals surface area contributed by atoms with Gasteiger partial charge in [0.25, 0.3) is 5.89 Å². The smallest absolute Gasteiger partial charge is 0.276 e. The fourth-order valence-corrected chi connectivity index (χ4v) is 2.43. The first-order chi connectivity index (χ1) is 9.58. The van der Waals surface area contributed by atoms with E-state index in [2.05, 4.69) is 15.1 Å². The molecule has 0 aromatic carbocycles. The Kier molecular flexibility index (Phi) is 4.24. The van der Waals surface area contributed by atoms with Crippen molar-refractivity contribution in [2.45, 2.75) is 31.2 Å². The first kappa shape index (κ1) is 15.4. The Bertz CT molecular complexity index is 634. The standard InChI is InChI=1S/C13H15N5O2.ClH/c14-10(19)8-3-4-9(16-7-8)11-17-12(18-20-11)13(15)5-1-2-6-13;/h3-4,7H,1-2,5-6,15H2,(H2,14,19);1H. The molecule has 2 aromatic heterocycles. The number of amides is 1. The predicted molar refractivity (Wildman–Crippen MR) is 77.6 cm³/mol. The van der Waals surface area contributed by atoms with Crippen LogP contribution in [0, 0.1) is 0 Å². The zero-order chi connectivity index (χ0) is 14.2. The lowest BCUT2D eigenvalue weighted by molar-refractivity contribution is 0.1000. The molecule has 1 aliphatic rings. The molecule has 0 saturated heterocycles. The number of hydrogen-bond acceptors (Lipinski definition) is 6. The maximum Gasteiger partial charge on any atom is 0.276 e. The first-order valence-electron chi connectivity index (χ1n) is 6.48. The van der Waals surface area contributed by atoms with Gasteiger partial charge in [-0.1, -0.05) is 18.0 Å². The summed E-state index contributed by atoms with van der Waals surface area (Å²) >= 11 is 0. The molecule has 0 unspecified atom stereocenters. The van der Waals surface area contributed by atoms with E-state index in [1.165, 1.54) is 6.20 Å². The molecule has 112 valence electrons. The van der Waals surface area contributed by atoms with Crippen molar-refractivity contribution in [3.8, 4) is 11.6 Å². The molecular weight excluding hydrogens is 294 g/mol. The summed E-state index contributed by atoms with van der Waals surface area (Å²) in [6, 6.07) is 3.19. The lowest BCUT2D eigenvalue weighted by Gasteiger charge is -2.17. The van der Waals surface area contributed by atoms with Crippen LogP contribution in [0.25, 0.3) is 11.6 Å². The molecule has 2 heterocycles. The van der Waals surface area contributed by atoms with Crippen LogP contribution < -0.4 is 11.5 Å². The van der Waals surface area contributed by atoms with Gasteiger partial charge in [-0.25, -0.2) is 0 Å². The van der Waals surface area contributed by atoms with Crippen LogP contribution in [0.15, 0.2) is 22.9 Å². The number of pyridine rings is 1. The van der Waals surface area contributed by atoms with E-state index in [1.54, 1.807) is 12.1 Å². The summed E-state index contributed by atoms with van der Waals surface area (Å²) in [6.45, 7) is 0. The second-order valence-electron chi connectivity index (χ2n) is 5.08. The summed E-state index contributed by atoms with van der Waals surface area (Å²) in [5.74, 6) is 0.292. The largest absolute Gasteiger partial charge is 0.366 e. The van der Waals surface area contributed by atoms with Crippen molar-refractivity contribution in [1.29, 1.82) is 0 Å². The highest BCUT2D eigenvalue weighted by Gasteiger charge is 2.36. The molecule has 8 heteroatoms. The lowest BCUT2D eigenvalue weighted by Crippen LogP contribution is -2.34. The molecule has 1 amide bonds. The van der Waals surface area contributed by atoms with E-state index in [0.29, 0.717) is 23.0 Å². The zero-order valence-corrected chi connectivity index (χ0v) is 12.1. The number of carbonyl (C=O) groups excluding carboxylic acids is 1. The summed E-state index contributed by atoms with van der Waals surface area (Å²) < 4.78 is 5.21. The van der Waals surface area contributed by atoms with Crippen molar-refractivity contribution < 1.29 is 9.32 Å². The molecule has 2 aromatic rings. The van der Waals surface area contributed by atoms with E-state index < -0.39 is 11.4 Å². The minimum absolute atomic E-state index is 0. The van der Waals surface area contributed by atoms with Gasteiger partial charge in [0, 0.05) is 6.20 Å². The summed E-state index contributed by atoms with van der Waals surface area (Å²) in [5.41, 5.74) is 11.8. The molecule has 7 nitrogen and oxygen atoms in total. The molecule has 0 atom stereocenters. The Labute approximate surface area is 127 Å². The van der Waals surface area contributed by atoms with Crippen LogP contribution in [0.4, 0.5) is 0 Å². The number of nitrogens with two attached hydrogens (primary N) is 2.